The van der Waals surface area contributed by atoms with E-state index in [0.717, 1.165) is 0 Å². The standard InChI is InChI=1S/C15H13N3O3/c1-9(2)14-17-8-12(13(18-14)15(19)20)21-11-5-3-10(7-16)4-6-11/h3-6,8-9H,1-2H3,(H,19,20). The van der Waals surface area contributed by atoms with Gasteiger partial charge in [0.25, 0.3) is 0 Å². The monoisotopic (exact) mass is 283 g/mol. The Labute approximate surface area is 121 Å². The van der Waals surface area contributed by atoms with Crippen molar-refractivity contribution in [3.63, 3.8) is 0 Å². The van der Waals surface area contributed by atoms with Gasteiger partial charge in [0.2, 0.25) is 0 Å². The Hall–Kier alpha value is -2.94. The SMILES string of the molecule is CC(C)c1ncc(Oc2ccc(C#N)cc2)c(C(=O)O)n1. The van der Waals surface area contributed by atoms with Crippen molar-refractivity contribution in [2.24, 2.45) is 0 Å². The van der Waals surface area contributed by atoms with E-state index in [1.54, 1.807) is 24.3 Å². The molecule has 0 amide bonds. The number of nitrogens with zero attached hydrogens (tertiary/aromatic N) is 3. The van der Waals surface area contributed by atoms with Crippen LogP contribution in [0.25, 0.3) is 0 Å². The highest BCUT2D eigenvalue weighted by atomic mass is 16.5. The molecule has 0 spiro atoms. The van der Waals surface area contributed by atoms with Crippen molar-refractivity contribution < 1.29 is 14.6 Å². The Balaban J connectivity index is 2.34. The van der Waals surface area contributed by atoms with E-state index in [1.807, 2.05) is 19.9 Å². The predicted molar refractivity (Wildman–Crippen MR) is 74.3 cm³/mol. The van der Waals surface area contributed by atoms with Gasteiger partial charge in [0.1, 0.15) is 11.6 Å². The maximum atomic E-state index is 11.3. The van der Waals surface area contributed by atoms with Gasteiger partial charge in [-0.3, -0.25) is 0 Å². The quantitative estimate of drug-likeness (QED) is 0.926. The molecule has 0 bridgehead atoms. The lowest BCUT2D eigenvalue weighted by Crippen LogP contribution is -2.08. The van der Waals surface area contributed by atoms with Crippen molar-refractivity contribution in [2.45, 2.75) is 19.8 Å². The van der Waals surface area contributed by atoms with E-state index in [-0.39, 0.29) is 17.4 Å². The van der Waals surface area contributed by atoms with Crippen molar-refractivity contribution in [1.29, 1.82) is 5.26 Å². The molecule has 1 aromatic heterocycles. The third-order valence-electron chi connectivity index (χ3n) is 2.70. The average Bonchev–Trinajstić information content (AvgIpc) is 2.48. The summed E-state index contributed by atoms with van der Waals surface area (Å²) in [4.78, 5) is 19.4. The molecule has 0 saturated heterocycles. The molecule has 0 aliphatic rings. The fraction of sp³-hybridized carbons (Fsp3) is 0.200. The van der Waals surface area contributed by atoms with Crippen molar-refractivity contribution in [1.82, 2.24) is 9.97 Å². The van der Waals surface area contributed by atoms with Crippen LogP contribution in [-0.4, -0.2) is 21.0 Å². The first-order chi connectivity index (χ1) is 10.0. The molecule has 0 saturated carbocycles. The van der Waals surface area contributed by atoms with Crippen molar-refractivity contribution in [3.8, 4) is 17.6 Å². The maximum Gasteiger partial charge on any atom is 0.358 e. The molecule has 0 aliphatic heterocycles. The first kappa shape index (κ1) is 14.5. The first-order valence-corrected chi connectivity index (χ1v) is 6.29. The van der Waals surface area contributed by atoms with Gasteiger partial charge < -0.3 is 9.84 Å². The highest BCUT2D eigenvalue weighted by Gasteiger charge is 2.17. The highest BCUT2D eigenvalue weighted by molar-refractivity contribution is 5.88. The number of carboxylic acids is 1. The van der Waals surface area contributed by atoms with Crippen LogP contribution in [0.5, 0.6) is 11.5 Å². The molecule has 6 nitrogen and oxygen atoms in total. The summed E-state index contributed by atoms with van der Waals surface area (Å²) in [6, 6.07) is 8.33. The van der Waals surface area contributed by atoms with Crippen LogP contribution in [0, 0.1) is 11.3 Å². The van der Waals surface area contributed by atoms with Gasteiger partial charge in [0, 0.05) is 5.92 Å². The second-order valence-corrected chi connectivity index (χ2v) is 4.64. The van der Waals surface area contributed by atoms with Crippen LogP contribution in [0.15, 0.2) is 30.5 Å². The minimum atomic E-state index is -1.18. The summed E-state index contributed by atoms with van der Waals surface area (Å²) in [7, 11) is 0. The third kappa shape index (κ3) is 3.34. The minimum Gasteiger partial charge on any atom is -0.476 e. The molecule has 1 aromatic carbocycles. The molecule has 106 valence electrons. The van der Waals surface area contributed by atoms with Gasteiger partial charge in [-0.25, -0.2) is 14.8 Å². The molecule has 0 aliphatic carbocycles. The van der Waals surface area contributed by atoms with Crippen LogP contribution < -0.4 is 4.74 Å². The fourth-order valence-electron chi connectivity index (χ4n) is 1.61. The van der Waals surface area contributed by atoms with Crippen LogP contribution in [0.1, 0.15) is 41.6 Å². The molecular weight excluding hydrogens is 270 g/mol. The largest absolute Gasteiger partial charge is 0.476 e. The number of carboxylic acid groups (broad SMARTS) is 1. The van der Waals surface area contributed by atoms with E-state index in [2.05, 4.69) is 9.97 Å². The molecule has 6 heteroatoms. The Morgan fingerprint density at radius 3 is 2.52 bits per heavy atom. The summed E-state index contributed by atoms with van der Waals surface area (Å²) in [6.45, 7) is 3.75. The van der Waals surface area contributed by atoms with Crippen LogP contribution >= 0.6 is 0 Å². The number of benzene rings is 1. The number of hydrogen-bond acceptors (Lipinski definition) is 5. The Bertz CT molecular complexity index is 703. The van der Waals surface area contributed by atoms with Gasteiger partial charge >= 0.3 is 5.97 Å². The summed E-state index contributed by atoms with van der Waals surface area (Å²) >= 11 is 0. The highest BCUT2D eigenvalue weighted by Crippen LogP contribution is 2.25. The topological polar surface area (TPSA) is 96.1 Å². The zero-order valence-electron chi connectivity index (χ0n) is 11.6. The lowest BCUT2D eigenvalue weighted by atomic mass is 10.2. The van der Waals surface area contributed by atoms with Gasteiger partial charge in [0.15, 0.2) is 11.4 Å². The van der Waals surface area contributed by atoms with E-state index < -0.39 is 5.97 Å². The summed E-state index contributed by atoms with van der Waals surface area (Å²) in [5.41, 5.74) is 0.310. The van der Waals surface area contributed by atoms with E-state index in [9.17, 15) is 9.90 Å². The number of rotatable bonds is 4. The Morgan fingerprint density at radius 1 is 1.33 bits per heavy atom. The predicted octanol–water partition coefficient (Wildman–Crippen LogP) is 2.96. The molecule has 1 heterocycles. The molecule has 0 fully saturated rings. The van der Waals surface area contributed by atoms with Gasteiger partial charge in [0.05, 0.1) is 17.8 Å². The van der Waals surface area contributed by atoms with E-state index in [1.165, 1.54) is 6.20 Å². The van der Waals surface area contributed by atoms with Crippen LogP contribution in [0.2, 0.25) is 0 Å². The molecular formula is C15H13N3O3. The van der Waals surface area contributed by atoms with Gasteiger partial charge in [-0.15, -0.1) is 0 Å². The Morgan fingerprint density at radius 2 is 2.00 bits per heavy atom. The van der Waals surface area contributed by atoms with Crippen molar-refractivity contribution in [3.05, 3.63) is 47.5 Å². The van der Waals surface area contributed by atoms with Gasteiger partial charge in [-0.05, 0) is 24.3 Å². The summed E-state index contributed by atoms with van der Waals surface area (Å²) < 4.78 is 5.49. The fourth-order valence-corrected chi connectivity index (χ4v) is 1.61. The van der Waals surface area contributed by atoms with Crippen molar-refractivity contribution in [2.75, 3.05) is 0 Å². The number of ether oxygens (including phenoxy) is 1. The van der Waals surface area contributed by atoms with Gasteiger partial charge in [-0.1, -0.05) is 13.8 Å². The first-order valence-electron chi connectivity index (χ1n) is 6.29. The molecule has 0 unspecified atom stereocenters. The second-order valence-electron chi connectivity index (χ2n) is 4.64. The zero-order valence-corrected chi connectivity index (χ0v) is 11.6. The number of aromatic carboxylic acids is 1. The Kier molecular flexibility index (Phi) is 4.14. The summed E-state index contributed by atoms with van der Waals surface area (Å²) in [5.74, 6) is -0.233. The number of hydrogen-bond donors (Lipinski definition) is 1. The maximum absolute atomic E-state index is 11.3. The zero-order chi connectivity index (χ0) is 15.4. The normalized spacial score (nSPS) is 10.2. The van der Waals surface area contributed by atoms with Crippen LogP contribution in [0.4, 0.5) is 0 Å². The number of carbonyl (C=O) groups is 1. The molecule has 0 atom stereocenters. The number of nitriles is 1. The van der Waals surface area contributed by atoms with Gasteiger partial charge in [-0.2, -0.15) is 5.26 Å². The van der Waals surface area contributed by atoms with E-state index >= 15 is 0 Å². The molecule has 21 heavy (non-hydrogen) atoms. The van der Waals surface area contributed by atoms with Crippen LogP contribution in [0.3, 0.4) is 0 Å². The lowest BCUT2D eigenvalue weighted by Gasteiger charge is -2.10. The summed E-state index contributed by atoms with van der Waals surface area (Å²) in [6.07, 6.45) is 1.35. The minimum absolute atomic E-state index is 0.0204. The second kappa shape index (κ2) is 6.01. The molecule has 2 rings (SSSR count). The van der Waals surface area contributed by atoms with E-state index in [0.29, 0.717) is 17.1 Å². The molecule has 2 aromatic rings. The lowest BCUT2D eigenvalue weighted by molar-refractivity contribution is 0.0686. The molecule has 1 N–H and O–H groups in total. The smallest absolute Gasteiger partial charge is 0.358 e. The van der Waals surface area contributed by atoms with E-state index in [4.69, 9.17) is 10.00 Å². The summed E-state index contributed by atoms with van der Waals surface area (Å²) in [5, 5.41) is 17.9. The average molecular weight is 283 g/mol. The third-order valence-corrected chi connectivity index (χ3v) is 2.70. The molecule has 0 radical (unpaired) electrons. The van der Waals surface area contributed by atoms with Crippen LogP contribution in [-0.2, 0) is 0 Å². The number of aromatic nitrogens is 2. The van der Waals surface area contributed by atoms with Crippen molar-refractivity contribution >= 4 is 5.97 Å².